The van der Waals surface area contributed by atoms with E-state index in [0.717, 1.165) is 6.42 Å². The minimum absolute atomic E-state index is 0.0928. The molecule has 5 nitrogen and oxygen atoms in total. The zero-order valence-corrected chi connectivity index (χ0v) is 15.1. The third kappa shape index (κ3) is 1.76. The van der Waals surface area contributed by atoms with Crippen LogP contribution in [0.2, 0.25) is 0 Å². The minimum atomic E-state index is -1.31. The summed E-state index contributed by atoms with van der Waals surface area (Å²) in [6.07, 6.45) is 0.291. The zero-order chi connectivity index (χ0) is 18.4. The quantitative estimate of drug-likeness (QED) is 0.530. The van der Waals surface area contributed by atoms with Crippen molar-refractivity contribution in [1.82, 2.24) is 0 Å². The van der Waals surface area contributed by atoms with E-state index in [1.807, 2.05) is 0 Å². The highest BCUT2D eigenvalue weighted by Gasteiger charge is 2.76. The van der Waals surface area contributed by atoms with E-state index in [9.17, 15) is 25.2 Å². The van der Waals surface area contributed by atoms with Crippen molar-refractivity contribution in [3.05, 3.63) is 12.2 Å². The van der Waals surface area contributed by atoms with E-state index in [1.54, 1.807) is 0 Å². The van der Waals surface area contributed by atoms with Gasteiger partial charge in [-0.3, -0.25) is 4.79 Å². The molecule has 25 heavy (non-hydrogen) atoms. The maximum atomic E-state index is 13.2. The molecule has 4 aliphatic rings. The summed E-state index contributed by atoms with van der Waals surface area (Å²) >= 11 is 0. The van der Waals surface area contributed by atoms with Crippen LogP contribution in [0.5, 0.6) is 0 Å². The fourth-order valence-electron chi connectivity index (χ4n) is 7.35. The number of ketones is 1. The molecule has 0 saturated heterocycles. The Morgan fingerprint density at radius 1 is 1.08 bits per heavy atom. The largest absolute Gasteiger partial charge is 0.396 e. The van der Waals surface area contributed by atoms with Gasteiger partial charge in [0.25, 0.3) is 0 Å². The summed E-state index contributed by atoms with van der Waals surface area (Å²) in [6, 6.07) is 0. The zero-order valence-electron chi connectivity index (χ0n) is 15.1. The average molecular weight is 350 g/mol. The third-order valence-electron chi connectivity index (χ3n) is 8.55. The minimum Gasteiger partial charge on any atom is -0.396 e. The van der Waals surface area contributed by atoms with Gasteiger partial charge in [0.05, 0.1) is 30.3 Å². The molecule has 1 spiro atoms. The molecule has 0 aromatic rings. The number of hydrogen-bond acceptors (Lipinski definition) is 5. The lowest BCUT2D eigenvalue weighted by atomic mass is 9.38. The van der Waals surface area contributed by atoms with E-state index in [2.05, 4.69) is 20.4 Å². The molecule has 0 heterocycles. The summed E-state index contributed by atoms with van der Waals surface area (Å²) in [7, 11) is 0. The van der Waals surface area contributed by atoms with E-state index in [0.29, 0.717) is 31.3 Å². The van der Waals surface area contributed by atoms with Crippen LogP contribution in [0.1, 0.15) is 46.0 Å². The van der Waals surface area contributed by atoms with Crippen LogP contribution in [-0.2, 0) is 4.79 Å². The van der Waals surface area contributed by atoms with Crippen LogP contribution < -0.4 is 0 Å². The molecular formula is C20H30O5. The first-order chi connectivity index (χ1) is 11.7. The molecule has 4 aliphatic carbocycles. The SMILES string of the molecule is C=C1C(=O)[C@]23C(O)[C@H]1CC[C@H]2[C@@]1(CO)[C@H](C[C@H]3O)C(C)(C)CC[C@@H]1O. The van der Waals surface area contributed by atoms with Gasteiger partial charge in [0, 0.05) is 11.3 Å². The topological polar surface area (TPSA) is 98.0 Å². The molecule has 4 saturated carbocycles. The molecule has 2 bridgehead atoms. The Labute approximate surface area is 148 Å². The number of carbonyl (C=O) groups is 1. The Balaban J connectivity index is 1.94. The number of carbonyl (C=O) groups excluding carboxylic acids is 1. The predicted molar refractivity (Wildman–Crippen MR) is 91.5 cm³/mol. The van der Waals surface area contributed by atoms with Crippen molar-refractivity contribution in [2.24, 2.45) is 34.0 Å². The van der Waals surface area contributed by atoms with E-state index >= 15 is 0 Å². The van der Waals surface area contributed by atoms with Crippen molar-refractivity contribution in [2.75, 3.05) is 6.61 Å². The number of aliphatic hydroxyl groups is 4. The van der Waals surface area contributed by atoms with Crippen molar-refractivity contribution < 1.29 is 25.2 Å². The van der Waals surface area contributed by atoms with Gasteiger partial charge in [-0.1, -0.05) is 20.4 Å². The van der Waals surface area contributed by atoms with E-state index < -0.39 is 35.1 Å². The molecule has 8 atom stereocenters. The molecule has 0 amide bonds. The van der Waals surface area contributed by atoms with Gasteiger partial charge >= 0.3 is 0 Å². The Morgan fingerprint density at radius 3 is 2.40 bits per heavy atom. The van der Waals surface area contributed by atoms with Crippen LogP contribution in [0.25, 0.3) is 0 Å². The molecule has 5 heteroatoms. The second-order valence-corrected chi connectivity index (χ2v) is 9.59. The lowest BCUT2D eigenvalue weighted by Gasteiger charge is -2.66. The number of fused-ring (bicyclic) bond motifs is 3. The summed E-state index contributed by atoms with van der Waals surface area (Å²) in [5.74, 6) is -1.07. The maximum Gasteiger partial charge on any atom is 0.170 e. The first-order valence-electron chi connectivity index (χ1n) is 9.54. The van der Waals surface area contributed by atoms with Crippen LogP contribution in [0, 0.1) is 34.0 Å². The normalized spacial score (nSPS) is 54.2. The van der Waals surface area contributed by atoms with Gasteiger partial charge in [0.15, 0.2) is 5.78 Å². The van der Waals surface area contributed by atoms with Crippen molar-refractivity contribution >= 4 is 5.78 Å². The standard InChI is InChI=1S/C20H30O5/c1-10-11-4-5-12-19(9-21)13(18(2,3)7-6-14(19)22)8-15(23)20(12,16(10)24)17(11)25/h11-15,17,21-23,25H,1,4-9H2,2-3H3/t11-,12-,13+,14-,15+,17?,19-,20-/m0/s1. The van der Waals surface area contributed by atoms with Gasteiger partial charge < -0.3 is 20.4 Å². The van der Waals surface area contributed by atoms with Gasteiger partial charge in [0.2, 0.25) is 0 Å². The Bertz CT molecular complexity index is 628. The number of hydrogen-bond donors (Lipinski definition) is 4. The number of aliphatic hydroxyl groups excluding tert-OH is 4. The van der Waals surface area contributed by atoms with Crippen molar-refractivity contribution in [1.29, 1.82) is 0 Å². The molecule has 0 aliphatic heterocycles. The van der Waals surface area contributed by atoms with Crippen LogP contribution in [0.15, 0.2) is 12.2 Å². The summed E-state index contributed by atoms with van der Waals surface area (Å²) in [4.78, 5) is 13.2. The molecule has 4 fully saturated rings. The Kier molecular flexibility index (Phi) is 3.64. The smallest absolute Gasteiger partial charge is 0.170 e. The van der Waals surface area contributed by atoms with Crippen LogP contribution >= 0.6 is 0 Å². The fourth-order valence-corrected chi connectivity index (χ4v) is 7.35. The van der Waals surface area contributed by atoms with E-state index in [-0.39, 0.29) is 29.6 Å². The first-order valence-corrected chi connectivity index (χ1v) is 9.54. The van der Waals surface area contributed by atoms with Gasteiger partial charge in [-0.05, 0) is 54.9 Å². The average Bonchev–Trinajstić information content (AvgIpc) is 2.68. The van der Waals surface area contributed by atoms with Gasteiger partial charge in [0.1, 0.15) is 0 Å². The van der Waals surface area contributed by atoms with Crippen molar-refractivity contribution in [3.63, 3.8) is 0 Å². The number of rotatable bonds is 1. The highest BCUT2D eigenvalue weighted by atomic mass is 16.3. The molecule has 0 aromatic carbocycles. The van der Waals surface area contributed by atoms with E-state index in [1.165, 1.54) is 0 Å². The maximum absolute atomic E-state index is 13.2. The molecule has 0 radical (unpaired) electrons. The lowest BCUT2D eigenvalue weighted by Crippen LogP contribution is -2.71. The second kappa shape index (κ2) is 5.16. The summed E-state index contributed by atoms with van der Waals surface area (Å²) in [5, 5.41) is 43.7. The van der Waals surface area contributed by atoms with Gasteiger partial charge in [-0.15, -0.1) is 0 Å². The van der Waals surface area contributed by atoms with Crippen LogP contribution in [0.4, 0.5) is 0 Å². The predicted octanol–water partition coefficient (Wildman–Crippen LogP) is 1.04. The summed E-state index contributed by atoms with van der Waals surface area (Å²) in [6.45, 7) is 7.92. The fraction of sp³-hybridized carbons (Fsp3) is 0.850. The molecule has 4 rings (SSSR count). The summed E-state index contributed by atoms with van der Waals surface area (Å²) in [5.41, 5.74) is -1.91. The van der Waals surface area contributed by atoms with Crippen molar-refractivity contribution in [3.8, 4) is 0 Å². The second-order valence-electron chi connectivity index (χ2n) is 9.59. The van der Waals surface area contributed by atoms with Crippen molar-refractivity contribution in [2.45, 2.75) is 64.3 Å². The highest BCUT2D eigenvalue weighted by Crippen LogP contribution is 2.70. The lowest BCUT2D eigenvalue weighted by molar-refractivity contribution is -0.267. The molecular weight excluding hydrogens is 320 g/mol. The molecule has 140 valence electrons. The number of Topliss-reactive ketones (excluding diaryl/α,β-unsaturated/α-hetero) is 1. The Morgan fingerprint density at radius 2 is 1.76 bits per heavy atom. The van der Waals surface area contributed by atoms with Crippen LogP contribution in [0.3, 0.4) is 0 Å². The first kappa shape index (κ1) is 17.7. The third-order valence-corrected chi connectivity index (χ3v) is 8.55. The van der Waals surface area contributed by atoms with Gasteiger partial charge in [-0.2, -0.15) is 0 Å². The highest BCUT2D eigenvalue weighted by molar-refractivity contribution is 6.04. The monoisotopic (exact) mass is 350 g/mol. The Hall–Kier alpha value is -0.750. The van der Waals surface area contributed by atoms with E-state index in [4.69, 9.17) is 0 Å². The summed E-state index contributed by atoms with van der Waals surface area (Å²) < 4.78 is 0. The molecule has 1 unspecified atom stereocenters. The van der Waals surface area contributed by atoms with Crippen LogP contribution in [-0.4, -0.2) is 51.1 Å². The van der Waals surface area contributed by atoms with Gasteiger partial charge in [-0.25, -0.2) is 0 Å². The molecule has 0 aromatic heterocycles. The molecule has 4 N–H and O–H groups in total.